The first-order chi connectivity index (χ1) is 10.6. The Morgan fingerprint density at radius 3 is 2.95 bits per heavy atom. The summed E-state index contributed by atoms with van der Waals surface area (Å²) in [5.74, 6) is -0.0169. The summed E-state index contributed by atoms with van der Waals surface area (Å²) >= 11 is 1.41. The van der Waals surface area contributed by atoms with Crippen molar-refractivity contribution in [3.8, 4) is 10.8 Å². The first kappa shape index (κ1) is 14.3. The molecule has 3 aromatic rings. The van der Waals surface area contributed by atoms with Crippen LogP contribution in [-0.2, 0) is 17.9 Å². The van der Waals surface area contributed by atoms with Crippen molar-refractivity contribution in [2.45, 2.75) is 13.1 Å². The van der Waals surface area contributed by atoms with Crippen LogP contribution in [0.2, 0.25) is 0 Å². The van der Waals surface area contributed by atoms with Crippen LogP contribution < -0.4 is 5.76 Å². The van der Waals surface area contributed by atoms with E-state index >= 15 is 0 Å². The molecule has 3 heterocycles. The molecule has 0 atom stereocenters. The molecule has 0 aliphatic rings. The molecule has 0 fully saturated rings. The molecule has 0 aromatic carbocycles. The third kappa shape index (κ3) is 3.01. The number of aromatic nitrogens is 2. The van der Waals surface area contributed by atoms with Crippen molar-refractivity contribution in [1.82, 2.24) is 14.7 Å². The quantitative estimate of drug-likeness (QED) is 0.716. The zero-order valence-electron chi connectivity index (χ0n) is 11.8. The molecular formula is C14H13N3O4S. The summed E-state index contributed by atoms with van der Waals surface area (Å²) in [6.07, 6.45) is 1.54. The van der Waals surface area contributed by atoms with Crippen LogP contribution in [0.3, 0.4) is 0 Å². The maximum atomic E-state index is 12.1. The molecule has 7 nitrogen and oxygen atoms in total. The van der Waals surface area contributed by atoms with Gasteiger partial charge in [-0.25, -0.2) is 4.79 Å². The number of likely N-dealkylation sites (N-methyl/N-ethyl adjacent to an activating group) is 1. The predicted octanol–water partition coefficient (Wildman–Crippen LogP) is 1.82. The lowest BCUT2D eigenvalue weighted by molar-refractivity contribution is -0.131. The van der Waals surface area contributed by atoms with E-state index in [4.69, 9.17) is 8.83 Å². The minimum Gasteiger partial charge on any atom is -0.467 e. The number of hydrogen-bond acceptors (Lipinski definition) is 6. The van der Waals surface area contributed by atoms with Gasteiger partial charge >= 0.3 is 5.76 Å². The molecule has 0 aliphatic heterocycles. The second-order valence-corrected chi connectivity index (χ2v) is 5.58. The van der Waals surface area contributed by atoms with Crippen LogP contribution in [-0.4, -0.2) is 27.6 Å². The Balaban J connectivity index is 1.70. The molecule has 1 amide bonds. The molecular weight excluding hydrogens is 306 g/mol. The highest BCUT2D eigenvalue weighted by atomic mass is 32.1. The molecule has 3 rings (SSSR count). The Kier molecular flexibility index (Phi) is 3.92. The smallest absolute Gasteiger partial charge is 0.437 e. The number of hydrogen-bond donors (Lipinski definition) is 0. The summed E-state index contributed by atoms with van der Waals surface area (Å²) in [6.45, 7) is 0.154. The van der Waals surface area contributed by atoms with Gasteiger partial charge in [0.25, 0.3) is 5.89 Å². The van der Waals surface area contributed by atoms with Crippen LogP contribution in [0.4, 0.5) is 0 Å². The van der Waals surface area contributed by atoms with Gasteiger partial charge in [0.2, 0.25) is 5.91 Å². The first-order valence-corrected chi connectivity index (χ1v) is 7.39. The van der Waals surface area contributed by atoms with E-state index in [2.05, 4.69) is 5.10 Å². The topological polar surface area (TPSA) is 81.5 Å². The first-order valence-electron chi connectivity index (χ1n) is 6.51. The fraction of sp³-hybridized carbons (Fsp3) is 0.214. The van der Waals surface area contributed by atoms with Gasteiger partial charge in [0.15, 0.2) is 0 Å². The maximum absolute atomic E-state index is 12.1. The van der Waals surface area contributed by atoms with E-state index in [1.54, 1.807) is 31.5 Å². The monoisotopic (exact) mass is 319 g/mol. The normalized spacial score (nSPS) is 10.8. The van der Waals surface area contributed by atoms with Gasteiger partial charge in [-0.1, -0.05) is 6.07 Å². The minimum absolute atomic E-state index is 0.176. The van der Waals surface area contributed by atoms with Crippen LogP contribution in [0.1, 0.15) is 5.76 Å². The van der Waals surface area contributed by atoms with E-state index in [1.807, 2.05) is 11.4 Å². The van der Waals surface area contributed by atoms with Crippen LogP contribution in [0.25, 0.3) is 10.8 Å². The standard InChI is InChI=1S/C14H13N3O4S/c1-16(8-10-4-2-6-20-10)12(18)9-17-14(19)21-13(15-17)11-5-3-7-22-11/h2-7H,8-9H2,1H3. The van der Waals surface area contributed by atoms with E-state index < -0.39 is 5.76 Å². The molecule has 0 saturated heterocycles. The van der Waals surface area contributed by atoms with Gasteiger partial charge in [0.1, 0.15) is 12.3 Å². The van der Waals surface area contributed by atoms with E-state index in [-0.39, 0.29) is 18.3 Å². The number of rotatable bonds is 5. The fourth-order valence-electron chi connectivity index (χ4n) is 1.88. The summed E-state index contributed by atoms with van der Waals surface area (Å²) in [7, 11) is 1.64. The van der Waals surface area contributed by atoms with Crippen molar-refractivity contribution in [1.29, 1.82) is 0 Å². The molecule has 0 N–H and O–H groups in total. The van der Waals surface area contributed by atoms with Crippen LogP contribution in [0.5, 0.6) is 0 Å². The number of thiophene rings is 1. The lowest BCUT2D eigenvalue weighted by Crippen LogP contribution is -2.32. The van der Waals surface area contributed by atoms with Crippen molar-refractivity contribution in [3.05, 3.63) is 52.2 Å². The highest BCUT2D eigenvalue weighted by Crippen LogP contribution is 2.21. The Bertz CT molecular complexity index is 802. The van der Waals surface area contributed by atoms with E-state index in [0.29, 0.717) is 12.3 Å². The molecule has 0 spiro atoms. The van der Waals surface area contributed by atoms with Gasteiger partial charge in [0, 0.05) is 7.05 Å². The largest absolute Gasteiger partial charge is 0.467 e. The SMILES string of the molecule is CN(Cc1ccco1)C(=O)Cn1nc(-c2cccs2)oc1=O. The van der Waals surface area contributed by atoms with Crippen molar-refractivity contribution in [2.24, 2.45) is 0 Å². The van der Waals surface area contributed by atoms with Crippen LogP contribution >= 0.6 is 11.3 Å². The van der Waals surface area contributed by atoms with Crippen molar-refractivity contribution in [3.63, 3.8) is 0 Å². The predicted molar refractivity (Wildman–Crippen MR) is 79.3 cm³/mol. The summed E-state index contributed by atoms with van der Waals surface area (Å²) in [5.41, 5.74) is 0. The van der Waals surface area contributed by atoms with Gasteiger partial charge in [-0.15, -0.1) is 16.4 Å². The zero-order chi connectivity index (χ0) is 15.5. The average molecular weight is 319 g/mol. The summed E-state index contributed by atoms with van der Waals surface area (Å²) in [5, 5.41) is 5.91. The fourth-order valence-corrected chi connectivity index (χ4v) is 2.52. The Morgan fingerprint density at radius 2 is 2.27 bits per heavy atom. The molecule has 0 radical (unpaired) electrons. The molecule has 114 valence electrons. The van der Waals surface area contributed by atoms with Crippen LogP contribution in [0.15, 0.2) is 49.5 Å². The Hall–Kier alpha value is -2.61. The summed E-state index contributed by atoms with van der Waals surface area (Å²) in [6, 6.07) is 7.16. The van der Waals surface area contributed by atoms with Gasteiger partial charge in [-0.05, 0) is 23.6 Å². The molecule has 0 aliphatic carbocycles. The van der Waals surface area contributed by atoms with Crippen LogP contribution in [0, 0.1) is 0 Å². The lowest BCUT2D eigenvalue weighted by atomic mass is 10.4. The van der Waals surface area contributed by atoms with Gasteiger partial charge in [-0.3, -0.25) is 4.79 Å². The molecule has 3 aromatic heterocycles. The van der Waals surface area contributed by atoms with Crippen molar-refractivity contribution >= 4 is 17.2 Å². The lowest BCUT2D eigenvalue weighted by Gasteiger charge is -2.14. The number of furan rings is 1. The summed E-state index contributed by atoms with van der Waals surface area (Å²) in [4.78, 5) is 26.1. The second kappa shape index (κ2) is 6.02. The van der Waals surface area contributed by atoms with Gasteiger partial charge in [0.05, 0.1) is 17.7 Å². The molecule has 0 unspecified atom stereocenters. The minimum atomic E-state index is -0.650. The third-order valence-corrected chi connectivity index (χ3v) is 3.88. The highest BCUT2D eigenvalue weighted by molar-refractivity contribution is 7.13. The number of carbonyl (C=O) groups is 1. The molecule has 0 saturated carbocycles. The van der Waals surface area contributed by atoms with Gasteiger partial charge < -0.3 is 13.7 Å². The highest BCUT2D eigenvalue weighted by Gasteiger charge is 2.16. The van der Waals surface area contributed by atoms with Crippen molar-refractivity contribution < 1.29 is 13.6 Å². The number of amides is 1. The molecule has 22 heavy (non-hydrogen) atoms. The Morgan fingerprint density at radius 1 is 1.41 bits per heavy atom. The van der Waals surface area contributed by atoms with E-state index in [1.165, 1.54) is 16.2 Å². The maximum Gasteiger partial charge on any atom is 0.437 e. The van der Waals surface area contributed by atoms with E-state index in [9.17, 15) is 9.59 Å². The molecule has 8 heteroatoms. The molecule has 0 bridgehead atoms. The second-order valence-electron chi connectivity index (χ2n) is 4.64. The van der Waals surface area contributed by atoms with Crippen molar-refractivity contribution in [2.75, 3.05) is 7.05 Å². The summed E-state index contributed by atoms with van der Waals surface area (Å²) < 4.78 is 11.3. The zero-order valence-corrected chi connectivity index (χ0v) is 12.6. The number of nitrogens with zero attached hydrogens (tertiary/aromatic N) is 3. The third-order valence-electron chi connectivity index (χ3n) is 3.02. The van der Waals surface area contributed by atoms with E-state index in [0.717, 1.165) is 9.56 Å². The Labute approximate surface area is 129 Å². The average Bonchev–Trinajstić information content (AvgIpc) is 3.21. The van der Waals surface area contributed by atoms with Gasteiger partial charge in [-0.2, -0.15) is 4.68 Å². The number of carbonyl (C=O) groups excluding carboxylic acids is 1.